The Bertz CT molecular complexity index is 462. The van der Waals surface area contributed by atoms with Crippen LogP contribution < -0.4 is 5.32 Å². The number of aliphatic imine (C=N–C) groups is 1. The third-order valence-corrected chi connectivity index (χ3v) is 4.60. The Morgan fingerprint density at radius 2 is 2.22 bits per heavy atom. The molecule has 100 valence electrons. The summed E-state index contributed by atoms with van der Waals surface area (Å²) in [5.41, 5.74) is 3.54. The second kappa shape index (κ2) is 5.34. The van der Waals surface area contributed by atoms with E-state index in [1.54, 1.807) is 0 Å². The predicted octanol–water partition coefficient (Wildman–Crippen LogP) is 2.25. The van der Waals surface area contributed by atoms with Crippen LogP contribution in [-0.2, 0) is 13.6 Å². The van der Waals surface area contributed by atoms with E-state index in [9.17, 15) is 0 Å². The molecule has 0 saturated carbocycles. The van der Waals surface area contributed by atoms with Crippen molar-refractivity contribution in [1.29, 1.82) is 0 Å². The third-order valence-electron chi connectivity index (χ3n) is 3.55. The van der Waals surface area contributed by atoms with Crippen LogP contribution in [0.25, 0.3) is 0 Å². The number of amidine groups is 1. The van der Waals surface area contributed by atoms with Crippen molar-refractivity contribution in [3.8, 4) is 0 Å². The fourth-order valence-electron chi connectivity index (χ4n) is 2.06. The second-order valence-corrected chi connectivity index (χ2v) is 6.21. The summed E-state index contributed by atoms with van der Waals surface area (Å²) in [7, 11) is 1.98. The first-order valence-corrected chi connectivity index (χ1v) is 7.40. The number of hydrogen-bond acceptors (Lipinski definition) is 3. The van der Waals surface area contributed by atoms with Gasteiger partial charge in [-0.3, -0.25) is 9.67 Å². The topological polar surface area (TPSA) is 42.2 Å². The van der Waals surface area contributed by atoms with Crippen molar-refractivity contribution < 1.29 is 0 Å². The van der Waals surface area contributed by atoms with Crippen LogP contribution in [0.1, 0.15) is 30.8 Å². The van der Waals surface area contributed by atoms with Gasteiger partial charge < -0.3 is 5.32 Å². The molecule has 1 N–H and O–H groups in total. The molecule has 4 nitrogen and oxygen atoms in total. The molecule has 0 bridgehead atoms. The lowest BCUT2D eigenvalue weighted by atomic mass is 10.1. The third kappa shape index (κ3) is 2.71. The molecular weight excluding hydrogens is 244 g/mol. The maximum atomic E-state index is 4.68. The molecule has 0 aliphatic carbocycles. The van der Waals surface area contributed by atoms with Gasteiger partial charge in [-0.05, 0) is 19.8 Å². The molecule has 1 aromatic heterocycles. The Labute approximate surface area is 113 Å². The maximum absolute atomic E-state index is 4.68. The minimum atomic E-state index is 0.560. The summed E-state index contributed by atoms with van der Waals surface area (Å²) in [6.45, 7) is 9.37. The van der Waals surface area contributed by atoms with E-state index < -0.39 is 0 Å². The van der Waals surface area contributed by atoms with Crippen molar-refractivity contribution in [3.05, 3.63) is 17.0 Å². The highest BCUT2D eigenvalue weighted by molar-refractivity contribution is 8.14. The molecule has 1 atom stereocenters. The van der Waals surface area contributed by atoms with Gasteiger partial charge in [-0.1, -0.05) is 25.6 Å². The van der Waals surface area contributed by atoms with Gasteiger partial charge in [0.25, 0.3) is 0 Å². The molecule has 1 aromatic rings. The van der Waals surface area contributed by atoms with Gasteiger partial charge in [0, 0.05) is 30.1 Å². The van der Waals surface area contributed by atoms with Crippen LogP contribution in [0.3, 0.4) is 0 Å². The van der Waals surface area contributed by atoms with Gasteiger partial charge in [-0.15, -0.1) is 0 Å². The number of aromatic nitrogens is 2. The number of hydrogen-bond donors (Lipinski definition) is 1. The molecule has 0 aromatic carbocycles. The Kier molecular flexibility index (Phi) is 4.00. The molecule has 1 saturated heterocycles. The molecule has 1 aliphatic rings. The van der Waals surface area contributed by atoms with Crippen LogP contribution in [0, 0.1) is 19.8 Å². The van der Waals surface area contributed by atoms with Gasteiger partial charge in [0.2, 0.25) is 0 Å². The Morgan fingerprint density at radius 3 is 2.72 bits per heavy atom. The van der Waals surface area contributed by atoms with Gasteiger partial charge in [0.15, 0.2) is 5.17 Å². The van der Waals surface area contributed by atoms with Crippen molar-refractivity contribution in [3.63, 3.8) is 0 Å². The summed E-state index contributed by atoms with van der Waals surface area (Å²) < 4.78 is 1.93. The summed E-state index contributed by atoms with van der Waals surface area (Å²) in [6.07, 6.45) is 0. The van der Waals surface area contributed by atoms with Crippen LogP contribution in [0.2, 0.25) is 0 Å². The van der Waals surface area contributed by atoms with E-state index in [1.165, 1.54) is 11.3 Å². The van der Waals surface area contributed by atoms with E-state index in [4.69, 9.17) is 0 Å². The zero-order valence-corrected chi connectivity index (χ0v) is 12.6. The summed E-state index contributed by atoms with van der Waals surface area (Å²) in [6, 6.07) is 0.560. The summed E-state index contributed by atoms with van der Waals surface area (Å²) >= 11 is 1.83. The average molecular weight is 266 g/mol. The van der Waals surface area contributed by atoms with Crippen molar-refractivity contribution in [2.24, 2.45) is 18.0 Å². The fourth-order valence-corrected chi connectivity index (χ4v) is 3.25. The maximum Gasteiger partial charge on any atom is 0.157 e. The standard InChI is InChI=1S/C13H22N4S/c1-8(2)12-7-18-13(15-12)14-6-11-9(3)16-17(5)10(11)4/h8,12H,6-7H2,1-5H3,(H,14,15)/t12-/m1/s1. The van der Waals surface area contributed by atoms with E-state index in [2.05, 4.69) is 43.1 Å². The van der Waals surface area contributed by atoms with Gasteiger partial charge in [-0.2, -0.15) is 5.10 Å². The molecule has 2 heterocycles. The summed E-state index contributed by atoms with van der Waals surface area (Å²) in [5.74, 6) is 1.79. The predicted molar refractivity (Wildman–Crippen MR) is 78.0 cm³/mol. The quantitative estimate of drug-likeness (QED) is 0.912. The number of aryl methyl sites for hydroxylation is 2. The number of rotatable bonds is 3. The van der Waals surface area contributed by atoms with Crippen molar-refractivity contribution in [2.45, 2.75) is 40.3 Å². The minimum absolute atomic E-state index is 0.560. The highest BCUT2D eigenvalue weighted by atomic mass is 32.2. The lowest BCUT2D eigenvalue weighted by molar-refractivity contribution is 0.503. The van der Waals surface area contributed by atoms with E-state index in [0.29, 0.717) is 12.0 Å². The van der Waals surface area contributed by atoms with E-state index in [1.807, 2.05) is 23.5 Å². The van der Waals surface area contributed by atoms with Crippen LogP contribution in [0.15, 0.2) is 4.99 Å². The van der Waals surface area contributed by atoms with Gasteiger partial charge in [0.1, 0.15) is 0 Å². The van der Waals surface area contributed by atoms with Gasteiger partial charge in [0.05, 0.1) is 12.2 Å². The van der Waals surface area contributed by atoms with E-state index >= 15 is 0 Å². The Balaban J connectivity index is 2.03. The Hall–Kier alpha value is -0.970. The van der Waals surface area contributed by atoms with E-state index in [0.717, 1.165) is 23.2 Å². The molecule has 0 unspecified atom stereocenters. The fraction of sp³-hybridized carbons (Fsp3) is 0.692. The minimum Gasteiger partial charge on any atom is -0.361 e. The Morgan fingerprint density at radius 1 is 1.50 bits per heavy atom. The molecule has 1 fully saturated rings. The van der Waals surface area contributed by atoms with Crippen LogP contribution in [0.4, 0.5) is 0 Å². The zero-order chi connectivity index (χ0) is 13.3. The second-order valence-electron chi connectivity index (χ2n) is 5.20. The van der Waals surface area contributed by atoms with Crippen LogP contribution in [-0.4, -0.2) is 26.7 Å². The first kappa shape index (κ1) is 13.5. The normalized spacial score (nSPS) is 21.9. The summed E-state index contributed by atoms with van der Waals surface area (Å²) in [5, 5.41) is 8.99. The van der Waals surface area contributed by atoms with Crippen molar-refractivity contribution >= 4 is 16.9 Å². The molecule has 18 heavy (non-hydrogen) atoms. The average Bonchev–Trinajstić information content (AvgIpc) is 2.85. The monoisotopic (exact) mass is 266 g/mol. The molecule has 0 amide bonds. The van der Waals surface area contributed by atoms with Crippen LogP contribution >= 0.6 is 11.8 Å². The van der Waals surface area contributed by atoms with Gasteiger partial charge >= 0.3 is 0 Å². The smallest absolute Gasteiger partial charge is 0.157 e. The molecule has 5 heteroatoms. The molecular formula is C13H22N4S. The molecule has 1 aliphatic heterocycles. The molecule has 0 radical (unpaired) electrons. The van der Waals surface area contributed by atoms with Crippen molar-refractivity contribution in [1.82, 2.24) is 15.1 Å². The summed E-state index contributed by atoms with van der Waals surface area (Å²) in [4.78, 5) is 4.68. The first-order chi connectivity index (χ1) is 8.49. The number of thioether (sulfide) groups is 1. The SMILES string of the molecule is Cc1nn(C)c(C)c1CN=C1N[C@@H](C(C)C)CS1. The van der Waals surface area contributed by atoms with Crippen LogP contribution in [0.5, 0.6) is 0 Å². The number of nitrogens with one attached hydrogen (secondary N) is 1. The zero-order valence-electron chi connectivity index (χ0n) is 11.8. The highest BCUT2D eigenvalue weighted by Gasteiger charge is 2.22. The van der Waals surface area contributed by atoms with Gasteiger partial charge in [-0.25, -0.2) is 0 Å². The van der Waals surface area contributed by atoms with E-state index in [-0.39, 0.29) is 0 Å². The number of nitrogens with zero attached hydrogens (tertiary/aromatic N) is 3. The molecule has 0 spiro atoms. The lowest BCUT2D eigenvalue weighted by Crippen LogP contribution is -2.31. The highest BCUT2D eigenvalue weighted by Crippen LogP contribution is 2.20. The largest absolute Gasteiger partial charge is 0.361 e. The molecule has 2 rings (SSSR count). The van der Waals surface area contributed by atoms with Crippen molar-refractivity contribution in [2.75, 3.05) is 5.75 Å². The first-order valence-electron chi connectivity index (χ1n) is 6.42. The lowest BCUT2D eigenvalue weighted by Gasteiger charge is -2.13.